The Morgan fingerprint density at radius 2 is 1.88 bits per heavy atom. The van der Waals surface area contributed by atoms with Gasteiger partial charge in [-0.25, -0.2) is 4.99 Å². The zero-order chi connectivity index (χ0) is 18.6. The molecule has 0 radical (unpaired) electrons. The second-order valence-electron chi connectivity index (χ2n) is 8.16. The van der Waals surface area contributed by atoms with E-state index in [4.69, 9.17) is 9.47 Å². The molecule has 0 aromatic rings. The summed E-state index contributed by atoms with van der Waals surface area (Å²) in [5.41, 5.74) is 0. The summed E-state index contributed by atoms with van der Waals surface area (Å²) in [6, 6.07) is 0.673. The molecule has 1 heterocycles. The summed E-state index contributed by atoms with van der Waals surface area (Å²) in [4.78, 5) is 18.1. The van der Waals surface area contributed by atoms with Crippen LogP contribution in [0.5, 0.6) is 0 Å². The fraction of sp³-hybridized carbons (Fsp3) is 0.895. The van der Waals surface area contributed by atoms with E-state index >= 15 is 0 Å². The third kappa shape index (κ3) is 4.88. The maximum atomic E-state index is 12.0. The van der Waals surface area contributed by atoms with Crippen molar-refractivity contribution in [1.29, 1.82) is 0 Å². The Balaban J connectivity index is 1.62. The van der Waals surface area contributed by atoms with Crippen LogP contribution in [0.2, 0.25) is 0 Å². The fourth-order valence-corrected chi connectivity index (χ4v) is 4.18. The summed E-state index contributed by atoms with van der Waals surface area (Å²) < 4.78 is 11.7. The molecular formula is C19H34N4O3. The molecule has 26 heavy (non-hydrogen) atoms. The molecule has 1 spiro atoms. The summed E-state index contributed by atoms with van der Waals surface area (Å²) in [6.07, 6.45) is 7.69. The van der Waals surface area contributed by atoms with E-state index in [0.717, 1.165) is 31.6 Å². The zero-order valence-electron chi connectivity index (χ0n) is 16.4. The minimum absolute atomic E-state index is 0.00754. The minimum atomic E-state index is -0.402. The lowest BCUT2D eigenvalue weighted by Crippen LogP contribution is -2.50. The van der Waals surface area contributed by atoms with Crippen molar-refractivity contribution in [3.05, 3.63) is 0 Å². The molecule has 7 heteroatoms. The van der Waals surface area contributed by atoms with Gasteiger partial charge in [-0.05, 0) is 25.2 Å². The van der Waals surface area contributed by atoms with Gasteiger partial charge in [-0.1, -0.05) is 19.8 Å². The van der Waals surface area contributed by atoms with Gasteiger partial charge in [-0.3, -0.25) is 4.79 Å². The first kappa shape index (κ1) is 19.4. The molecule has 2 N–H and O–H groups in total. The molecule has 2 saturated carbocycles. The number of nitrogens with zero attached hydrogens (tertiary/aromatic N) is 2. The Morgan fingerprint density at radius 3 is 2.58 bits per heavy atom. The van der Waals surface area contributed by atoms with Gasteiger partial charge in [0, 0.05) is 39.0 Å². The van der Waals surface area contributed by atoms with E-state index in [-0.39, 0.29) is 18.5 Å². The number of carbonyl (C=O) groups is 1. The number of rotatable bonds is 4. The molecule has 0 aromatic heterocycles. The summed E-state index contributed by atoms with van der Waals surface area (Å²) in [5.74, 6) is 0.976. The average molecular weight is 367 g/mol. The number of guanidine groups is 1. The van der Waals surface area contributed by atoms with Gasteiger partial charge >= 0.3 is 0 Å². The second-order valence-corrected chi connectivity index (χ2v) is 8.16. The molecule has 3 rings (SSSR count). The number of likely N-dealkylation sites (N-methyl/N-ethyl adjacent to an activating group) is 1. The van der Waals surface area contributed by atoms with E-state index in [9.17, 15) is 4.79 Å². The van der Waals surface area contributed by atoms with E-state index in [1.54, 1.807) is 19.0 Å². The Morgan fingerprint density at radius 1 is 1.15 bits per heavy atom. The SMILES string of the molecule is CC1CCCCC1NC(=NCC(=O)N(C)C)NC1CCC2(C1)OCCO2. The maximum Gasteiger partial charge on any atom is 0.243 e. The van der Waals surface area contributed by atoms with Crippen molar-refractivity contribution in [3.8, 4) is 0 Å². The lowest BCUT2D eigenvalue weighted by Gasteiger charge is -2.32. The van der Waals surface area contributed by atoms with Crippen molar-refractivity contribution in [2.75, 3.05) is 33.9 Å². The molecule has 3 aliphatic rings. The molecule has 7 nitrogen and oxygen atoms in total. The largest absolute Gasteiger partial charge is 0.353 e. The number of amides is 1. The van der Waals surface area contributed by atoms with Crippen molar-refractivity contribution < 1.29 is 14.3 Å². The molecule has 0 aromatic carbocycles. The molecule has 2 aliphatic carbocycles. The highest BCUT2D eigenvalue weighted by molar-refractivity contribution is 5.85. The van der Waals surface area contributed by atoms with Crippen molar-refractivity contribution in [2.45, 2.75) is 69.7 Å². The highest BCUT2D eigenvalue weighted by Crippen LogP contribution is 2.37. The van der Waals surface area contributed by atoms with Gasteiger partial charge in [0.05, 0.1) is 13.2 Å². The second kappa shape index (κ2) is 8.57. The topological polar surface area (TPSA) is 75.2 Å². The number of ether oxygens (including phenoxy) is 2. The van der Waals surface area contributed by atoms with Crippen LogP contribution >= 0.6 is 0 Å². The smallest absolute Gasteiger partial charge is 0.243 e. The number of hydrogen-bond acceptors (Lipinski definition) is 4. The van der Waals surface area contributed by atoms with Gasteiger partial charge < -0.3 is 25.0 Å². The fourth-order valence-electron chi connectivity index (χ4n) is 4.18. The van der Waals surface area contributed by atoms with Crippen molar-refractivity contribution >= 4 is 11.9 Å². The van der Waals surface area contributed by atoms with Gasteiger partial charge in [0.1, 0.15) is 6.54 Å². The quantitative estimate of drug-likeness (QED) is 0.582. The maximum absolute atomic E-state index is 12.0. The van der Waals surface area contributed by atoms with Crippen molar-refractivity contribution in [2.24, 2.45) is 10.9 Å². The van der Waals surface area contributed by atoms with Gasteiger partial charge in [0.25, 0.3) is 0 Å². The number of aliphatic imine (C=N–C) groups is 1. The molecule has 1 aliphatic heterocycles. The van der Waals surface area contributed by atoms with E-state index in [0.29, 0.717) is 25.2 Å². The molecule has 3 atom stereocenters. The number of hydrogen-bond donors (Lipinski definition) is 2. The predicted molar refractivity (Wildman–Crippen MR) is 101 cm³/mol. The summed E-state index contributed by atoms with van der Waals surface area (Å²) >= 11 is 0. The lowest BCUT2D eigenvalue weighted by molar-refractivity contribution is -0.151. The van der Waals surface area contributed by atoms with Crippen molar-refractivity contribution in [1.82, 2.24) is 15.5 Å². The Kier molecular flexibility index (Phi) is 6.40. The highest BCUT2D eigenvalue weighted by atomic mass is 16.7. The third-order valence-corrected chi connectivity index (χ3v) is 5.89. The van der Waals surface area contributed by atoms with Gasteiger partial charge in [-0.2, -0.15) is 0 Å². The Labute approximate surface area is 156 Å². The Hall–Kier alpha value is -1.34. The van der Waals surface area contributed by atoms with Crippen LogP contribution in [0.4, 0.5) is 0 Å². The third-order valence-electron chi connectivity index (χ3n) is 5.89. The van der Waals surface area contributed by atoms with E-state index in [1.807, 2.05) is 0 Å². The summed E-state index contributed by atoms with van der Waals surface area (Å²) in [5, 5.41) is 7.13. The zero-order valence-corrected chi connectivity index (χ0v) is 16.4. The normalized spacial score (nSPS) is 31.2. The van der Waals surface area contributed by atoms with Crippen LogP contribution in [0.25, 0.3) is 0 Å². The van der Waals surface area contributed by atoms with E-state index in [2.05, 4.69) is 22.5 Å². The molecular weight excluding hydrogens is 332 g/mol. The van der Waals surface area contributed by atoms with Crippen LogP contribution in [0.3, 0.4) is 0 Å². The van der Waals surface area contributed by atoms with Crippen LogP contribution in [-0.4, -0.2) is 68.5 Å². The van der Waals surface area contributed by atoms with Gasteiger partial charge in [0.15, 0.2) is 11.7 Å². The first-order valence-corrected chi connectivity index (χ1v) is 10.0. The molecule has 3 fully saturated rings. The first-order chi connectivity index (χ1) is 12.5. The molecule has 0 bridgehead atoms. The van der Waals surface area contributed by atoms with Crippen LogP contribution in [0, 0.1) is 5.92 Å². The number of nitrogens with one attached hydrogen (secondary N) is 2. The standard InChI is InChI=1S/C19H34N4O3/c1-14-6-4-5-7-16(14)22-18(20-13-17(24)23(2)3)21-15-8-9-19(12-15)25-10-11-26-19/h14-16H,4-13H2,1-3H3,(H2,20,21,22). The summed E-state index contributed by atoms with van der Waals surface area (Å²) in [7, 11) is 3.52. The first-order valence-electron chi connectivity index (χ1n) is 10.0. The summed E-state index contributed by atoms with van der Waals surface area (Å²) in [6.45, 7) is 3.82. The minimum Gasteiger partial charge on any atom is -0.353 e. The van der Waals surface area contributed by atoms with Crippen LogP contribution in [-0.2, 0) is 14.3 Å². The van der Waals surface area contributed by atoms with Crippen LogP contribution < -0.4 is 10.6 Å². The van der Waals surface area contributed by atoms with Crippen molar-refractivity contribution in [3.63, 3.8) is 0 Å². The molecule has 3 unspecified atom stereocenters. The molecule has 1 saturated heterocycles. The van der Waals surface area contributed by atoms with Crippen LogP contribution in [0.1, 0.15) is 51.9 Å². The van der Waals surface area contributed by atoms with E-state index in [1.165, 1.54) is 19.3 Å². The Bertz CT molecular complexity index is 517. The van der Waals surface area contributed by atoms with E-state index < -0.39 is 5.79 Å². The van der Waals surface area contributed by atoms with Crippen LogP contribution in [0.15, 0.2) is 4.99 Å². The molecule has 1 amide bonds. The average Bonchev–Trinajstić information content (AvgIpc) is 3.24. The van der Waals surface area contributed by atoms with Gasteiger partial charge in [0.2, 0.25) is 5.91 Å². The highest BCUT2D eigenvalue weighted by Gasteiger charge is 2.44. The lowest BCUT2D eigenvalue weighted by atomic mass is 9.86. The predicted octanol–water partition coefficient (Wildman–Crippen LogP) is 1.48. The monoisotopic (exact) mass is 366 g/mol. The number of carbonyl (C=O) groups excluding carboxylic acids is 1. The van der Waals surface area contributed by atoms with Gasteiger partial charge in [-0.15, -0.1) is 0 Å². The molecule has 148 valence electrons.